The molecule has 6 nitrogen and oxygen atoms in total. The monoisotopic (exact) mass is 219 g/mol. The van der Waals surface area contributed by atoms with E-state index in [1.807, 2.05) is 6.92 Å². The largest absolute Gasteiger partial charge is 0.333 e. The quantitative estimate of drug-likeness (QED) is 0.563. The Bertz CT molecular complexity index is 618. The van der Waals surface area contributed by atoms with Crippen LogP contribution >= 0.6 is 0 Å². The van der Waals surface area contributed by atoms with Gasteiger partial charge in [0.1, 0.15) is 5.65 Å². The molecule has 0 aromatic carbocycles. The van der Waals surface area contributed by atoms with Gasteiger partial charge < -0.3 is 4.57 Å². The summed E-state index contributed by atoms with van der Waals surface area (Å²) in [5, 5.41) is 11.0. The fraction of sp³-hybridized carbons (Fsp3) is 0.200. The molecule has 0 bridgehead atoms. The third-order valence-corrected chi connectivity index (χ3v) is 2.35. The van der Waals surface area contributed by atoms with E-state index in [4.69, 9.17) is 0 Å². The minimum Gasteiger partial charge on any atom is -0.326 e. The molecule has 6 heteroatoms. The van der Waals surface area contributed by atoms with Crippen molar-refractivity contribution in [1.29, 1.82) is 0 Å². The van der Waals surface area contributed by atoms with Gasteiger partial charge in [-0.3, -0.25) is 14.9 Å². The second-order valence-corrected chi connectivity index (χ2v) is 3.26. The molecule has 0 aliphatic carbocycles. The molecule has 0 radical (unpaired) electrons. The van der Waals surface area contributed by atoms with Gasteiger partial charge in [0.2, 0.25) is 0 Å². The van der Waals surface area contributed by atoms with E-state index < -0.39 is 16.0 Å². The number of nitro groups is 1. The van der Waals surface area contributed by atoms with Crippen LogP contribution in [0.5, 0.6) is 0 Å². The van der Waals surface area contributed by atoms with E-state index in [0.29, 0.717) is 12.2 Å². The average Bonchev–Trinajstić information content (AvgIpc) is 2.29. The van der Waals surface area contributed by atoms with Crippen molar-refractivity contribution in [3.05, 3.63) is 44.9 Å². The molecule has 2 aromatic rings. The topological polar surface area (TPSA) is 78.0 Å². The first kappa shape index (κ1) is 10.3. The highest BCUT2D eigenvalue weighted by molar-refractivity contribution is 5.77. The standard InChI is InChI=1S/C10H9N3O3/c1-2-12-6-8(13(15)16)9(14)7-4-3-5-11-10(7)12/h3-6H,2H2,1H3. The zero-order valence-corrected chi connectivity index (χ0v) is 8.58. The van der Waals surface area contributed by atoms with Gasteiger partial charge >= 0.3 is 5.69 Å². The summed E-state index contributed by atoms with van der Waals surface area (Å²) in [5.41, 5.74) is -0.527. The summed E-state index contributed by atoms with van der Waals surface area (Å²) in [5.74, 6) is 0. The molecule has 0 amide bonds. The van der Waals surface area contributed by atoms with Gasteiger partial charge in [-0.2, -0.15) is 0 Å². The van der Waals surface area contributed by atoms with E-state index in [1.54, 1.807) is 22.9 Å². The van der Waals surface area contributed by atoms with Gasteiger partial charge in [-0.05, 0) is 19.1 Å². The van der Waals surface area contributed by atoms with Crippen molar-refractivity contribution < 1.29 is 4.92 Å². The SMILES string of the molecule is CCn1cc([N+](=O)[O-])c(=O)c2cccnc21. The van der Waals surface area contributed by atoms with Crippen molar-refractivity contribution in [1.82, 2.24) is 9.55 Å². The number of hydrogen-bond acceptors (Lipinski definition) is 4. The van der Waals surface area contributed by atoms with E-state index in [0.717, 1.165) is 0 Å². The Hall–Kier alpha value is -2.24. The lowest BCUT2D eigenvalue weighted by atomic mass is 10.2. The molecule has 2 aromatic heterocycles. The predicted molar refractivity (Wildman–Crippen MR) is 58.3 cm³/mol. The predicted octanol–water partition coefficient (Wildman–Crippen LogP) is 1.32. The molecule has 16 heavy (non-hydrogen) atoms. The first-order valence-electron chi connectivity index (χ1n) is 4.77. The third kappa shape index (κ3) is 1.44. The maximum absolute atomic E-state index is 11.7. The highest BCUT2D eigenvalue weighted by atomic mass is 16.6. The number of rotatable bonds is 2. The number of pyridine rings is 2. The molecule has 0 aliphatic rings. The Morgan fingerprint density at radius 1 is 1.56 bits per heavy atom. The maximum atomic E-state index is 11.7. The summed E-state index contributed by atoms with van der Waals surface area (Å²) in [4.78, 5) is 25.8. The number of aromatic nitrogens is 2. The smallest absolute Gasteiger partial charge is 0.326 e. The Balaban J connectivity index is 2.94. The van der Waals surface area contributed by atoms with Crippen LogP contribution in [0.2, 0.25) is 0 Å². The normalized spacial score (nSPS) is 10.6. The highest BCUT2D eigenvalue weighted by Gasteiger charge is 2.17. The third-order valence-electron chi connectivity index (χ3n) is 2.35. The van der Waals surface area contributed by atoms with Crippen LogP contribution in [0.25, 0.3) is 11.0 Å². The fourth-order valence-corrected chi connectivity index (χ4v) is 1.58. The van der Waals surface area contributed by atoms with Crippen molar-refractivity contribution in [2.45, 2.75) is 13.5 Å². The molecule has 0 saturated heterocycles. The van der Waals surface area contributed by atoms with Gasteiger partial charge in [0.05, 0.1) is 16.5 Å². The Labute approximate surface area is 90.3 Å². The Morgan fingerprint density at radius 3 is 2.94 bits per heavy atom. The minimum atomic E-state index is -0.666. The Morgan fingerprint density at radius 2 is 2.31 bits per heavy atom. The van der Waals surface area contributed by atoms with E-state index in [9.17, 15) is 14.9 Å². The van der Waals surface area contributed by atoms with E-state index in [-0.39, 0.29) is 5.39 Å². The van der Waals surface area contributed by atoms with Crippen molar-refractivity contribution >= 4 is 16.7 Å². The van der Waals surface area contributed by atoms with Gasteiger partial charge in [0, 0.05) is 12.7 Å². The molecule has 0 fully saturated rings. The molecule has 2 rings (SSSR count). The maximum Gasteiger partial charge on any atom is 0.333 e. The lowest BCUT2D eigenvalue weighted by molar-refractivity contribution is -0.386. The van der Waals surface area contributed by atoms with Crippen LogP contribution in [0.15, 0.2) is 29.3 Å². The van der Waals surface area contributed by atoms with Crippen LogP contribution in [0.1, 0.15) is 6.92 Å². The molecular formula is C10H9N3O3. The molecule has 0 atom stereocenters. The van der Waals surface area contributed by atoms with Gasteiger partial charge in [-0.15, -0.1) is 0 Å². The molecule has 0 saturated carbocycles. The van der Waals surface area contributed by atoms with E-state index >= 15 is 0 Å². The van der Waals surface area contributed by atoms with E-state index in [2.05, 4.69) is 4.98 Å². The summed E-state index contributed by atoms with van der Waals surface area (Å²) in [7, 11) is 0. The zero-order valence-electron chi connectivity index (χ0n) is 8.58. The first-order valence-corrected chi connectivity index (χ1v) is 4.77. The van der Waals surface area contributed by atoms with Crippen LogP contribution in [0.4, 0.5) is 5.69 Å². The van der Waals surface area contributed by atoms with Crippen LogP contribution in [0.3, 0.4) is 0 Å². The average molecular weight is 219 g/mol. The van der Waals surface area contributed by atoms with Gasteiger partial charge in [0.15, 0.2) is 0 Å². The lowest BCUT2D eigenvalue weighted by Gasteiger charge is -2.06. The second kappa shape index (κ2) is 3.73. The summed E-state index contributed by atoms with van der Waals surface area (Å²) >= 11 is 0. The molecule has 82 valence electrons. The first-order chi connectivity index (χ1) is 7.65. The summed E-state index contributed by atoms with van der Waals surface area (Å²) in [6, 6.07) is 3.14. The van der Waals surface area contributed by atoms with Crippen molar-refractivity contribution in [3.8, 4) is 0 Å². The Kier molecular flexibility index (Phi) is 2.40. The summed E-state index contributed by atoms with van der Waals surface area (Å²) < 4.78 is 1.59. The lowest BCUT2D eigenvalue weighted by Crippen LogP contribution is -2.14. The molecule has 2 heterocycles. The van der Waals surface area contributed by atoms with Crippen molar-refractivity contribution in [2.24, 2.45) is 0 Å². The summed E-state index contributed by atoms with van der Waals surface area (Å²) in [6.45, 7) is 2.36. The van der Waals surface area contributed by atoms with Gasteiger partial charge in [0.25, 0.3) is 5.43 Å². The van der Waals surface area contributed by atoms with Crippen LogP contribution in [-0.2, 0) is 6.54 Å². The zero-order chi connectivity index (χ0) is 11.7. The van der Waals surface area contributed by atoms with Crippen LogP contribution < -0.4 is 5.43 Å². The minimum absolute atomic E-state index is 0.276. The second-order valence-electron chi connectivity index (χ2n) is 3.26. The fourth-order valence-electron chi connectivity index (χ4n) is 1.58. The number of hydrogen-bond donors (Lipinski definition) is 0. The molecule has 0 unspecified atom stereocenters. The molecule has 0 spiro atoms. The molecule has 0 aliphatic heterocycles. The highest BCUT2D eigenvalue weighted by Crippen LogP contribution is 2.12. The van der Waals surface area contributed by atoms with E-state index in [1.165, 1.54) is 6.20 Å². The van der Waals surface area contributed by atoms with Gasteiger partial charge in [-0.25, -0.2) is 4.98 Å². The number of aryl methyl sites for hydroxylation is 1. The molecular weight excluding hydrogens is 210 g/mol. The van der Waals surface area contributed by atoms with Crippen LogP contribution in [0, 0.1) is 10.1 Å². The van der Waals surface area contributed by atoms with Crippen molar-refractivity contribution in [2.75, 3.05) is 0 Å². The summed E-state index contributed by atoms with van der Waals surface area (Å²) in [6.07, 6.45) is 2.79. The van der Waals surface area contributed by atoms with Crippen LogP contribution in [-0.4, -0.2) is 14.5 Å². The molecule has 0 N–H and O–H groups in total. The number of fused-ring (bicyclic) bond motifs is 1. The van der Waals surface area contributed by atoms with Crippen molar-refractivity contribution in [3.63, 3.8) is 0 Å². The van der Waals surface area contributed by atoms with Gasteiger partial charge in [-0.1, -0.05) is 0 Å². The number of nitrogens with zero attached hydrogens (tertiary/aromatic N) is 3.